The molecule has 3 rings (SSSR count). The van der Waals surface area contributed by atoms with Gasteiger partial charge in [0.1, 0.15) is 22.5 Å². The number of aromatic nitrogens is 3. The second-order valence-corrected chi connectivity index (χ2v) is 4.94. The van der Waals surface area contributed by atoms with Crippen LogP contribution in [0.3, 0.4) is 0 Å². The molecule has 1 aromatic heterocycles. The second-order valence-electron chi connectivity index (χ2n) is 4.94. The summed E-state index contributed by atoms with van der Waals surface area (Å²) in [6, 6.07) is 9.24. The second kappa shape index (κ2) is 5.48. The Balaban J connectivity index is 2.09. The van der Waals surface area contributed by atoms with Crippen LogP contribution in [-0.4, -0.2) is 28.6 Å². The topological polar surface area (TPSA) is 66.2 Å². The normalized spacial score (nSPS) is 10.7. The zero-order valence-electron chi connectivity index (χ0n) is 12.5. The van der Waals surface area contributed by atoms with Crippen molar-refractivity contribution >= 4 is 17.5 Å². The monoisotopic (exact) mass is 296 g/mol. The lowest BCUT2D eigenvalue weighted by molar-refractivity contribution is 0.415. The Hall–Kier alpha value is -2.89. The maximum absolute atomic E-state index is 10.4. The maximum atomic E-state index is 10.4. The van der Waals surface area contributed by atoms with Crippen molar-refractivity contribution in [3.05, 3.63) is 41.5 Å². The number of hydrogen-bond donors (Lipinski definition) is 0. The van der Waals surface area contributed by atoms with E-state index in [1.54, 1.807) is 11.9 Å². The number of benzene rings is 2. The molecule has 0 saturated carbocycles. The number of carbonyl (C=O) groups excluding carboxylic acids is 1. The Morgan fingerprint density at radius 3 is 2.36 bits per heavy atom. The Kier molecular flexibility index (Phi) is 3.50. The summed E-state index contributed by atoms with van der Waals surface area (Å²) in [6.45, 7) is 5.17. The minimum atomic E-state index is 0.511. The summed E-state index contributed by atoms with van der Waals surface area (Å²) in [6.07, 6.45) is 0. The van der Waals surface area contributed by atoms with E-state index >= 15 is 0 Å². The van der Waals surface area contributed by atoms with E-state index in [1.807, 2.05) is 44.2 Å². The molecular formula is C16H14N3O3. The Morgan fingerprint density at radius 2 is 1.73 bits per heavy atom. The Labute approximate surface area is 127 Å². The minimum absolute atomic E-state index is 0.511. The van der Waals surface area contributed by atoms with Crippen LogP contribution < -0.4 is 9.47 Å². The van der Waals surface area contributed by atoms with Crippen LogP contribution in [0.25, 0.3) is 16.7 Å². The van der Waals surface area contributed by atoms with Gasteiger partial charge in [-0.3, -0.25) is 0 Å². The number of methoxy groups -OCH3 is 1. The summed E-state index contributed by atoms with van der Waals surface area (Å²) < 4.78 is 10.1. The molecule has 0 aliphatic rings. The number of hydrogen-bond acceptors (Lipinski definition) is 5. The maximum Gasteiger partial charge on any atom is 0.423 e. The highest BCUT2D eigenvalue weighted by Crippen LogP contribution is 2.26. The smallest absolute Gasteiger partial charge is 0.423 e. The Morgan fingerprint density at radius 1 is 1.05 bits per heavy atom. The van der Waals surface area contributed by atoms with Crippen molar-refractivity contribution in [3.63, 3.8) is 0 Å². The van der Waals surface area contributed by atoms with E-state index in [-0.39, 0.29) is 0 Å². The van der Waals surface area contributed by atoms with Crippen molar-refractivity contribution in [2.45, 2.75) is 13.8 Å². The van der Waals surface area contributed by atoms with Crippen molar-refractivity contribution in [1.29, 1.82) is 0 Å². The molecular weight excluding hydrogens is 282 g/mol. The first-order valence-corrected chi connectivity index (χ1v) is 6.69. The molecule has 0 spiro atoms. The first-order chi connectivity index (χ1) is 10.6. The van der Waals surface area contributed by atoms with Gasteiger partial charge >= 0.3 is 6.47 Å². The SMILES string of the molecule is COc1ccc2nn(-c3cc(C)c(O[C]=O)c(C)c3)nc2c1. The number of aryl methyl sites for hydroxylation is 2. The molecule has 0 fully saturated rings. The van der Waals surface area contributed by atoms with Gasteiger partial charge in [0.25, 0.3) is 0 Å². The number of rotatable bonds is 4. The molecule has 3 aromatic rings. The lowest BCUT2D eigenvalue weighted by atomic mass is 10.1. The van der Waals surface area contributed by atoms with Crippen molar-refractivity contribution in [3.8, 4) is 17.2 Å². The summed E-state index contributed by atoms with van der Waals surface area (Å²) in [7, 11) is 1.61. The van der Waals surface area contributed by atoms with Crippen molar-refractivity contribution in [1.82, 2.24) is 15.0 Å². The highest BCUT2D eigenvalue weighted by atomic mass is 16.5. The van der Waals surface area contributed by atoms with Crippen LogP contribution in [0.5, 0.6) is 11.5 Å². The molecule has 0 atom stereocenters. The number of nitrogens with zero attached hydrogens (tertiary/aromatic N) is 3. The molecule has 6 heteroatoms. The van der Waals surface area contributed by atoms with Gasteiger partial charge in [-0.05, 0) is 49.2 Å². The third kappa shape index (κ3) is 2.39. The first-order valence-electron chi connectivity index (χ1n) is 6.69. The predicted octanol–water partition coefficient (Wildman–Crippen LogP) is 2.49. The summed E-state index contributed by atoms with van der Waals surface area (Å²) in [5, 5.41) is 8.90. The summed E-state index contributed by atoms with van der Waals surface area (Å²) >= 11 is 0. The van der Waals surface area contributed by atoms with Crippen molar-refractivity contribution in [2.75, 3.05) is 7.11 Å². The van der Waals surface area contributed by atoms with E-state index < -0.39 is 0 Å². The van der Waals surface area contributed by atoms with Gasteiger partial charge in [-0.1, -0.05) is 0 Å². The van der Waals surface area contributed by atoms with E-state index in [9.17, 15) is 4.79 Å². The van der Waals surface area contributed by atoms with Crippen molar-refractivity contribution in [2.24, 2.45) is 0 Å². The molecule has 111 valence electrons. The van der Waals surface area contributed by atoms with Gasteiger partial charge in [0.2, 0.25) is 0 Å². The quantitative estimate of drug-likeness (QED) is 0.740. The van der Waals surface area contributed by atoms with E-state index in [2.05, 4.69) is 10.2 Å². The summed E-state index contributed by atoms with van der Waals surface area (Å²) in [4.78, 5) is 12.0. The van der Waals surface area contributed by atoms with Crippen LogP contribution in [0.4, 0.5) is 0 Å². The standard InChI is InChI=1S/C16H14N3O3/c1-10-6-12(7-11(2)16(10)22-9-20)19-17-14-5-4-13(21-3)8-15(14)18-19/h4-8H,1-3H3. The van der Waals surface area contributed by atoms with E-state index in [1.165, 1.54) is 6.47 Å². The highest BCUT2D eigenvalue weighted by Gasteiger charge is 2.11. The molecule has 0 aliphatic heterocycles. The number of ether oxygens (including phenoxy) is 2. The minimum Gasteiger partial charge on any atom is -0.497 e. The molecule has 0 aliphatic carbocycles. The fourth-order valence-electron chi connectivity index (χ4n) is 2.38. The lowest BCUT2D eigenvalue weighted by Gasteiger charge is -2.09. The van der Waals surface area contributed by atoms with Crippen LogP contribution >= 0.6 is 0 Å². The molecule has 0 N–H and O–H groups in total. The Bertz CT molecular complexity index is 832. The van der Waals surface area contributed by atoms with Gasteiger partial charge in [0, 0.05) is 6.07 Å². The van der Waals surface area contributed by atoms with Crippen molar-refractivity contribution < 1.29 is 14.3 Å². The molecule has 0 saturated heterocycles. The fraction of sp³-hybridized carbons (Fsp3) is 0.188. The van der Waals surface area contributed by atoms with Gasteiger partial charge < -0.3 is 9.47 Å². The molecule has 1 heterocycles. The predicted molar refractivity (Wildman–Crippen MR) is 81.2 cm³/mol. The third-order valence-electron chi connectivity index (χ3n) is 3.41. The molecule has 22 heavy (non-hydrogen) atoms. The van der Waals surface area contributed by atoms with E-state index in [0.29, 0.717) is 5.75 Å². The van der Waals surface area contributed by atoms with Gasteiger partial charge in [0.05, 0.1) is 12.8 Å². The zero-order valence-corrected chi connectivity index (χ0v) is 12.5. The van der Waals surface area contributed by atoms with Crippen LogP contribution in [0.2, 0.25) is 0 Å². The third-order valence-corrected chi connectivity index (χ3v) is 3.41. The molecule has 0 unspecified atom stereocenters. The summed E-state index contributed by atoms with van der Waals surface area (Å²) in [5.74, 6) is 1.24. The van der Waals surface area contributed by atoms with Crippen LogP contribution in [0.15, 0.2) is 30.3 Å². The number of fused-ring (bicyclic) bond motifs is 1. The van der Waals surface area contributed by atoms with Crippen LogP contribution in [0.1, 0.15) is 11.1 Å². The first kappa shape index (κ1) is 14.1. The van der Waals surface area contributed by atoms with Crippen LogP contribution in [-0.2, 0) is 4.79 Å². The molecule has 6 nitrogen and oxygen atoms in total. The average molecular weight is 296 g/mol. The lowest BCUT2D eigenvalue weighted by Crippen LogP contribution is -2.02. The fourth-order valence-corrected chi connectivity index (χ4v) is 2.38. The zero-order chi connectivity index (χ0) is 15.7. The van der Waals surface area contributed by atoms with Gasteiger partial charge in [0.15, 0.2) is 0 Å². The summed E-state index contributed by atoms with van der Waals surface area (Å²) in [5.41, 5.74) is 3.95. The highest BCUT2D eigenvalue weighted by molar-refractivity contribution is 5.75. The molecule has 2 aromatic carbocycles. The average Bonchev–Trinajstić information content (AvgIpc) is 2.93. The molecule has 0 amide bonds. The van der Waals surface area contributed by atoms with E-state index in [4.69, 9.17) is 9.47 Å². The van der Waals surface area contributed by atoms with E-state index in [0.717, 1.165) is 33.6 Å². The van der Waals surface area contributed by atoms with Crippen LogP contribution in [0, 0.1) is 13.8 Å². The molecule has 1 radical (unpaired) electrons. The van der Waals surface area contributed by atoms with Gasteiger partial charge in [-0.2, -0.15) is 4.80 Å². The molecule has 0 bridgehead atoms. The van der Waals surface area contributed by atoms with Gasteiger partial charge in [-0.15, -0.1) is 10.2 Å². The van der Waals surface area contributed by atoms with Gasteiger partial charge in [-0.25, -0.2) is 4.79 Å². The largest absolute Gasteiger partial charge is 0.497 e.